The summed E-state index contributed by atoms with van der Waals surface area (Å²) >= 11 is 0. The second kappa shape index (κ2) is 22.3. The molecule has 0 fully saturated rings. The maximum absolute atomic E-state index is 8.05. The molecule has 12 aromatic rings. The molecule has 0 spiro atoms. The zero-order valence-corrected chi connectivity index (χ0v) is 66.3. The van der Waals surface area contributed by atoms with Gasteiger partial charge in [0, 0.05) is 59.3 Å². The molecular formula is C97H97B2N7O. The maximum atomic E-state index is 8.05. The van der Waals surface area contributed by atoms with Crippen LogP contribution in [0.4, 0.5) is 108 Å². The summed E-state index contributed by atoms with van der Waals surface area (Å²) in [6.45, 7) is 45.0. The highest BCUT2D eigenvalue weighted by molar-refractivity contribution is 7.03. The summed E-state index contributed by atoms with van der Waals surface area (Å²) in [6.07, 6.45) is 0. The molecule has 10 heteroatoms. The minimum Gasteiger partial charge on any atom is -0.452 e. The molecule has 19 rings (SSSR count). The van der Waals surface area contributed by atoms with Crippen LogP contribution < -0.4 is 67.1 Å². The topological polar surface area (TPSA) is 35.8 Å². The Morgan fingerprint density at radius 2 is 0.645 bits per heavy atom. The number of anilines is 19. The summed E-state index contributed by atoms with van der Waals surface area (Å²) in [5.41, 5.74) is 39.9. The van der Waals surface area contributed by atoms with Gasteiger partial charge < -0.3 is 38.7 Å². The minimum atomic E-state index is -0.231. The van der Waals surface area contributed by atoms with Crippen molar-refractivity contribution in [1.29, 1.82) is 0 Å². The maximum Gasteiger partial charge on any atom is 0.252 e. The van der Waals surface area contributed by atoms with E-state index in [1.807, 2.05) is 0 Å². The summed E-state index contributed by atoms with van der Waals surface area (Å²) in [5, 5.41) is 0. The van der Waals surface area contributed by atoms with E-state index < -0.39 is 0 Å². The van der Waals surface area contributed by atoms with Crippen molar-refractivity contribution in [3.63, 3.8) is 0 Å². The Morgan fingerprint density at radius 1 is 0.280 bits per heavy atom. The van der Waals surface area contributed by atoms with Crippen molar-refractivity contribution in [2.75, 3.05) is 48.4 Å². The number of furan rings is 1. The smallest absolute Gasteiger partial charge is 0.252 e. The molecule has 7 aliphatic rings. The number of para-hydroxylation sites is 2. The fourth-order valence-electron chi connectivity index (χ4n) is 19.1. The van der Waals surface area contributed by atoms with E-state index in [2.05, 4.69) is 386 Å². The quantitative estimate of drug-likeness (QED) is 0.158. The molecule has 11 aromatic carbocycles. The van der Waals surface area contributed by atoms with Crippen LogP contribution in [0.1, 0.15) is 164 Å². The van der Waals surface area contributed by atoms with Crippen molar-refractivity contribution in [2.45, 2.75) is 164 Å². The molecule has 8 heterocycles. The van der Waals surface area contributed by atoms with Crippen LogP contribution in [0.3, 0.4) is 0 Å². The average molecular weight is 1400 g/mol. The van der Waals surface area contributed by atoms with Gasteiger partial charge in [0.25, 0.3) is 13.4 Å². The molecule has 532 valence electrons. The van der Waals surface area contributed by atoms with Gasteiger partial charge in [-0.05, 0) is 178 Å². The van der Waals surface area contributed by atoms with E-state index in [0.717, 1.165) is 62.5 Å². The largest absolute Gasteiger partial charge is 0.452 e. The molecule has 0 N–H and O–H groups in total. The van der Waals surface area contributed by atoms with Crippen molar-refractivity contribution in [2.24, 2.45) is 0 Å². The zero-order valence-electron chi connectivity index (χ0n) is 66.3. The van der Waals surface area contributed by atoms with Gasteiger partial charge >= 0.3 is 0 Å². The molecule has 107 heavy (non-hydrogen) atoms. The number of aryl methyl sites for hydroxylation is 1. The van der Waals surface area contributed by atoms with Gasteiger partial charge in [-0.1, -0.05) is 264 Å². The average Bonchev–Trinajstić information content (AvgIpc) is 1.62. The van der Waals surface area contributed by atoms with E-state index in [1.165, 1.54) is 140 Å². The van der Waals surface area contributed by atoms with Crippen LogP contribution in [0.25, 0.3) is 22.6 Å². The standard InChI is InChI=1S/C97H97B2N7O/c1-56-46-72-79-73(47-56)105-87-70(99(79)71-50-61(94(8,9)10)51-76-84(71)103(72)77-52-59(92(2,3)4)48-66(96(14,15)16)81(77)100(76)20)45-44-69-86(87)106(89-88(105)90(57-34-26-22-27-35-57)107-91(89)58-36-28-23-29-37-58)75-55-64(102(62-38-30-24-31-39-62)63-40-32-25-33-41-63)54-74-80(75)98(69)68-43-42-65(95(11,12)13)83-85(68)104(74)78-53-60(93(5,6)7)49-67(97(17,18)19)82(78)101(83)21/h22-55H,1-21H3. The van der Waals surface area contributed by atoms with Gasteiger partial charge in [-0.2, -0.15) is 0 Å². The van der Waals surface area contributed by atoms with E-state index in [9.17, 15) is 0 Å². The summed E-state index contributed by atoms with van der Waals surface area (Å²) in [5.74, 6) is 1.64. The van der Waals surface area contributed by atoms with E-state index >= 15 is 0 Å². The molecule has 0 radical (unpaired) electrons. The number of hydrogen-bond donors (Lipinski definition) is 0. The van der Waals surface area contributed by atoms with Crippen LogP contribution in [-0.2, 0) is 32.5 Å². The number of benzene rings is 11. The normalized spacial score (nSPS) is 14.8. The monoisotopic (exact) mass is 1400 g/mol. The Kier molecular flexibility index (Phi) is 14.0. The lowest BCUT2D eigenvalue weighted by Crippen LogP contribution is -2.66. The van der Waals surface area contributed by atoms with E-state index in [0.29, 0.717) is 0 Å². The molecule has 0 saturated heterocycles. The molecule has 0 bridgehead atoms. The van der Waals surface area contributed by atoms with Crippen molar-refractivity contribution in [3.05, 3.63) is 245 Å². The molecule has 1 aromatic heterocycles. The molecular weight excluding hydrogens is 1300 g/mol. The van der Waals surface area contributed by atoms with Gasteiger partial charge in [0.15, 0.2) is 11.5 Å². The molecule has 0 amide bonds. The molecule has 7 aliphatic heterocycles. The molecule has 8 nitrogen and oxygen atoms in total. The first-order valence-electron chi connectivity index (χ1n) is 38.8. The van der Waals surface area contributed by atoms with Gasteiger partial charge in [0.1, 0.15) is 11.4 Å². The zero-order chi connectivity index (χ0) is 74.7. The molecule has 0 unspecified atom stereocenters. The number of nitrogens with zero attached hydrogens (tertiary/aromatic N) is 7. The second-order valence-electron chi connectivity index (χ2n) is 37.7. The molecule has 0 atom stereocenters. The Hall–Kier alpha value is -10.6. The lowest BCUT2D eigenvalue weighted by Gasteiger charge is -2.54. The van der Waals surface area contributed by atoms with Crippen LogP contribution in [-0.4, -0.2) is 27.5 Å². The highest BCUT2D eigenvalue weighted by Crippen LogP contribution is 2.67. The van der Waals surface area contributed by atoms with Gasteiger partial charge in [0.2, 0.25) is 0 Å². The predicted molar refractivity (Wildman–Crippen MR) is 459 cm³/mol. The summed E-state index contributed by atoms with van der Waals surface area (Å²) < 4.78 is 8.05. The van der Waals surface area contributed by atoms with Gasteiger partial charge in [-0.25, -0.2) is 0 Å². The second-order valence-corrected chi connectivity index (χ2v) is 37.7. The SMILES string of the molecule is Cc1cc2c3c(c1)N1c4c(ccc5c4N(c4cc(N(c6ccccc6)c6ccccc6)cc6c4B5c4ccc(C(C)(C)C)c5c4N6c4cc(C(C)(C)C)cc(C(C)(C)C)c4N5C)c4c(-c5ccccc5)oc(-c5ccccc5)c41)B3c1cc(C(C)(C)C)cc3c1N2c1cc(C(C)(C)C)cc(C(C)(C)C)c1N3C. The summed E-state index contributed by atoms with van der Waals surface area (Å²) in [6, 6.07) is 79.7. The Bertz CT molecular complexity index is 5760. The van der Waals surface area contributed by atoms with E-state index in [1.54, 1.807) is 0 Å². The Morgan fingerprint density at radius 3 is 1.09 bits per heavy atom. The van der Waals surface area contributed by atoms with Crippen LogP contribution >= 0.6 is 0 Å². The molecule has 0 aliphatic carbocycles. The van der Waals surface area contributed by atoms with Crippen LogP contribution in [0.2, 0.25) is 0 Å². The van der Waals surface area contributed by atoms with Gasteiger partial charge in [0.05, 0.1) is 62.6 Å². The van der Waals surface area contributed by atoms with Crippen molar-refractivity contribution >= 4 is 154 Å². The molecule has 0 saturated carbocycles. The van der Waals surface area contributed by atoms with Gasteiger partial charge in [-0.15, -0.1) is 0 Å². The third-order valence-electron chi connectivity index (χ3n) is 24.3. The third kappa shape index (κ3) is 9.54. The van der Waals surface area contributed by atoms with Crippen LogP contribution in [0.5, 0.6) is 0 Å². The lowest BCUT2D eigenvalue weighted by molar-refractivity contribution is 0.567. The van der Waals surface area contributed by atoms with Gasteiger partial charge in [-0.3, -0.25) is 0 Å². The van der Waals surface area contributed by atoms with Crippen molar-refractivity contribution in [3.8, 4) is 22.6 Å². The first kappa shape index (κ1) is 67.1. The van der Waals surface area contributed by atoms with E-state index in [4.69, 9.17) is 4.42 Å². The number of rotatable bonds is 5. The fourth-order valence-corrected chi connectivity index (χ4v) is 19.1. The van der Waals surface area contributed by atoms with Crippen LogP contribution in [0, 0.1) is 6.92 Å². The Balaban J connectivity index is 1.01. The number of fused-ring (bicyclic) bond motifs is 15. The highest BCUT2D eigenvalue weighted by atomic mass is 16.3. The lowest BCUT2D eigenvalue weighted by atomic mass is 9.30. The van der Waals surface area contributed by atoms with Crippen molar-refractivity contribution in [1.82, 2.24) is 0 Å². The Labute approximate surface area is 635 Å². The first-order valence-corrected chi connectivity index (χ1v) is 38.8. The first-order chi connectivity index (χ1) is 50.7. The highest BCUT2D eigenvalue weighted by Gasteiger charge is 2.57. The van der Waals surface area contributed by atoms with Crippen LogP contribution in [0.15, 0.2) is 211 Å². The predicted octanol–water partition coefficient (Wildman–Crippen LogP) is 22.8. The third-order valence-corrected chi connectivity index (χ3v) is 24.3. The fraction of sp³-hybridized carbons (Fsp3) is 0.278. The van der Waals surface area contributed by atoms with Crippen molar-refractivity contribution < 1.29 is 4.42 Å². The summed E-state index contributed by atoms with van der Waals surface area (Å²) in [7, 11) is 4.71. The summed E-state index contributed by atoms with van der Waals surface area (Å²) in [4.78, 5) is 18.6. The minimum absolute atomic E-state index is 0.130. The van der Waals surface area contributed by atoms with E-state index in [-0.39, 0.29) is 45.9 Å². The number of hydrogen-bond acceptors (Lipinski definition) is 8.